The Kier molecular flexibility index (Phi) is 5.05. The summed E-state index contributed by atoms with van der Waals surface area (Å²) in [6, 6.07) is 6.63. The van der Waals surface area contributed by atoms with E-state index >= 15 is 0 Å². The number of hydrogen-bond donors (Lipinski definition) is 2. The van der Waals surface area contributed by atoms with Crippen LogP contribution in [0.3, 0.4) is 0 Å². The van der Waals surface area contributed by atoms with Gasteiger partial charge in [-0.1, -0.05) is 12.1 Å². The lowest BCUT2D eigenvalue weighted by atomic mass is 10.0. The van der Waals surface area contributed by atoms with Crippen molar-refractivity contribution in [3.8, 4) is 0 Å². The van der Waals surface area contributed by atoms with Crippen LogP contribution in [0.15, 0.2) is 23.3 Å². The Hall–Kier alpha value is -1.46. The molecule has 1 atom stereocenters. The van der Waals surface area contributed by atoms with Crippen LogP contribution in [0.5, 0.6) is 0 Å². The Labute approximate surface area is 137 Å². The fourth-order valence-corrected chi connectivity index (χ4v) is 3.18. The van der Waals surface area contributed by atoms with Crippen molar-refractivity contribution in [2.24, 2.45) is 5.10 Å². The fourth-order valence-electron chi connectivity index (χ4n) is 3.05. The van der Waals surface area contributed by atoms with Gasteiger partial charge >= 0.3 is 0 Å². The molecule has 0 amide bonds. The van der Waals surface area contributed by atoms with Crippen molar-refractivity contribution in [3.63, 3.8) is 0 Å². The molecule has 2 N–H and O–H groups in total. The molecule has 1 unspecified atom stereocenters. The number of thiocarbonyl (C=S) groups is 1. The van der Waals surface area contributed by atoms with E-state index in [4.69, 9.17) is 17.0 Å². The maximum Gasteiger partial charge on any atom is 0.187 e. The van der Waals surface area contributed by atoms with Gasteiger partial charge in [0.2, 0.25) is 0 Å². The molecule has 118 valence electrons. The number of hydrazone groups is 1. The monoisotopic (exact) mass is 317 g/mol. The molecule has 5 heteroatoms. The minimum atomic E-state index is 0.279. The molecule has 22 heavy (non-hydrogen) atoms. The Morgan fingerprint density at radius 3 is 3.00 bits per heavy atom. The van der Waals surface area contributed by atoms with Crippen molar-refractivity contribution in [2.45, 2.75) is 45.1 Å². The third-order valence-corrected chi connectivity index (χ3v) is 4.59. The standard InChI is InChI=1S/C17H23N3OS/c1-12(14-8-7-13-4-2-5-15(13)10-14)19-20-17(22)18-11-16-6-3-9-21-16/h7-8,10,16H,2-6,9,11H2,1H3,(H2,18,20,22). The highest BCUT2D eigenvalue weighted by Gasteiger charge is 2.15. The number of ether oxygens (including phenoxy) is 1. The molecule has 0 bridgehead atoms. The Bertz CT molecular complexity index is 579. The molecule has 0 aromatic heterocycles. The van der Waals surface area contributed by atoms with E-state index in [-0.39, 0.29) is 6.10 Å². The van der Waals surface area contributed by atoms with Crippen molar-refractivity contribution in [1.29, 1.82) is 0 Å². The van der Waals surface area contributed by atoms with Crippen molar-refractivity contribution in [2.75, 3.05) is 13.2 Å². The molecule has 1 aliphatic carbocycles. The summed E-state index contributed by atoms with van der Waals surface area (Å²) in [5.74, 6) is 0. The Morgan fingerprint density at radius 2 is 2.18 bits per heavy atom. The topological polar surface area (TPSA) is 45.7 Å². The SMILES string of the molecule is CC(=NNC(=S)NCC1CCCO1)c1ccc2c(c1)CCC2. The molecule has 0 spiro atoms. The number of fused-ring (bicyclic) bond motifs is 1. The van der Waals surface area contributed by atoms with E-state index in [0.29, 0.717) is 5.11 Å². The zero-order chi connectivity index (χ0) is 15.4. The van der Waals surface area contributed by atoms with E-state index in [9.17, 15) is 0 Å². The lowest BCUT2D eigenvalue weighted by molar-refractivity contribution is 0.114. The second-order valence-corrected chi connectivity index (χ2v) is 6.40. The van der Waals surface area contributed by atoms with E-state index in [1.54, 1.807) is 0 Å². The molecule has 3 rings (SSSR count). The first-order valence-corrected chi connectivity index (χ1v) is 8.45. The highest BCUT2D eigenvalue weighted by atomic mass is 32.1. The average Bonchev–Trinajstić information content (AvgIpc) is 3.20. The zero-order valence-corrected chi connectivity index (χ0v) is 13.8. The van der Waals surface area contributed by atoms with E-state index < -0.39 is 0 Å². The minimum absolute atomic E-state index is 0.279. The molecule has 0 radical (unpaired) electrons. The predicted octanol–water partition coefficient (Wildman–Crippen LogP) is 2.54. The van der Waals surface area contributed by atoms with Crippen LogP contribution >= 0.6 is 12.2 Å². The normalized spacial score (nSPS) is 20.8. The summed E-state index contributed by atoms with van der Waals surface area (Å²) in [6.07, 6.45) is 6.19. The van der Waals surface area contributed by atoms with Crippen LogP contribution in [0.25, 0.3) is 0 Å². The summed E-state index contributed by atoms with van der Waals surface area (Å²) in [7, 11) is 0. The zero-order valence-electron chi connectivity index (χ0n) is 13.0. The first-order chi connectivity index (χ1) is 10.7. The predicted molar refractivity (Wildman–Crippen MR) is 93.4 cm³/mol. The lowest BCUT2D eigenvalue weighted by Gasteiger charge is -2.12. The van der Waals surface area contributed by atoms with Crippen LogP contribution in [0.4, 0.5) is 0 Å². The average molecular weight is 317 g/mol. The quantitative estimate of drug-likeness (QED) is 0.509. The van der Waals surface area contributed by atoms with Crippen LogP contribution in [0.1, 0.15) is 42.9 Å². The van der Waals surface area contributed by atoms with Gasteiger partial charge in [-0.2, -0.15) is 5.10 Å². The molecule has 4 nitrogen and oxygen atoms in total. The molecule has 2 aliphatic rings. The highest BCUT2D eigenvalue weighted by molar-refractivity contribution is 7.80. The second-order valence-electron chi connectivity index (χ2n) is 5.99. The van der Waals surface area contributed by atoms with Gasteiger partial charge in [-0.25, -0.2) is 0 Å². The van der Waals surface area contributed by atoms with Gasteiger partial charge in [0.25, 0.3) is 0 Å². The summed E-state index contributed by atoms with van der Waals surface area (Å²) in [4.78, 5) is 0. The minimum Gasteiger partial charge on any atom is -0.376 e. The van der Waals surface area contributed by atoms with Gasteiger partial charge in [-0.15, -0.1) is 0 Å². The van der Waals surface area contributed by atoms with Gasteiger partial charge in [0.15, 0.2) is 5.11 Å². The number of hydrogen-bond acceptors (Lipinski definition) is 3. The fraction of sp³-hybridized carbons (Fsp3) is 0.529. The van der Waals surface area contributed by atoms with E-state index in [2.05, 4.69) is 34.0 Å². The number of rotatable bonds is 4. The molecule has 1 aromatic carbocycles. The molecular weight excluding hydrogens is 294 g/mol. The number of aryl methyl sites for hydroxylation is 2. The largest absolute Gasteiger partial charge is 0.376 e. The third-order valence-electron chi connectivity index (χ3n) is 4.36. The first kappa shape index (κ1) is 15.4. The molecule has 0 saturated carbocycles. The van der Waals surface area contributed by atoms with Crippen LogP contribution < -0.4 is 10.7 Å². The smallest absolute Gasteiger partial charge is 0.187 e. The summed E-state index contributed by atoms with van der Waals surface area (Å²) in [5, 5.41) is 8.10. The Balaban J connectivity index is 1.51. The second kappa shape index (κ2) is 7.20. The molecule has 1 aliphatic heterocycles. The molecule has 1 saturated heterocycles. The maximum absolute atomic E-state index is 5.56. The van der Waals surface area contributed by atoms with Crippen molar-refractivity contribution < 1.29 is 4.74 Å². The van der Waals surface area contributed by atoms with Crippen LogP contribution in [0.2, 0.25) is 0 Å². The van der Waals surface area contributed by atoms with E-state index in [1.165, 1.54) is 30.4 Å². The number of benzene rings is 1. The van der Waals surface area contributed by atoms with Gasteiger partial charge in [-0.3, -0.25) is 5.43 Å². The van der Waals surface area contributed by atoms with Crippen molar-refractivity contribution >= 4 is 23.0 Å². The molecule has 1 fully saturated rings. The van der Waals surface area contributed by atoms with Crippen molar-refractivity contribution in [1.82, 2.24) is 10.7 Å². The lowest BCUT2D eigenvalue weighted by Crippen LogP contribution is -2.37. The van der Waals surface area contributed by atoms with E-state index in [1.807, 2.05) is 6.92 Å². The molecular formula is C17H23N3OS. The van der Waals surface area contributed by atoms with Gasteiger partial charge in [0, 0.05) is 13.2 Å². The van der Waals surface area contributed by atoms with Gasteiger partial charge in [-0.05, 0) is 74.0 Å². The first-order valence-electron chi connectivity index (χ1n) is 8.04. The van der Waals surface area contributed by atoms with Gasteiger partial charge in [0.1, 0.15) is 0 Å². The van der Waals surface area contributed by atoms with Crippen LogP contribution in [0, 0.1) is 0 Å². The van der Waals surface area contributed by atoms with Crippen molar-refractivity contribution in [3.05, 3.63) is 34.9 Å². The van der Waals surface area contributed by atoms with Gasteiger partial charge < -0.3 is 10.1 Å². The number of nitrogens with one attached hydrogen (secondary N) is 2. The summed E-state index contributed by atoms with van der Waals surface area (Å²) in [6.45, 7) is 3.62. The molecule has 1 heterocycles. The van der Waals surface area contributed by atoms with E-state index in [0.717, 1.165) is 37.3 Å². The highest BCUT2D eigenvalue weighted by Crippen LogP contribution is 2.23. The summed E-state index contributed by atoms with van der Waals surface area (Å²) < 4.78 is 5.56. The van der Waals surface area contributed by atoms with Crippen LogP contribution in [-0.4, -0.2) is 30.1 Å². The van der Waals surface area contributed by atoms with Crippen LogP contribution in [-0.2, 0) is 17.6 Å². The molecule has 1 aromatic rings. The number of nitrogens with zero attached hydrogens (tertiary/aromatic N) is 1. The Morgan fingerprint density at radius 1 is 1.32 bits per heavy atom. The summed E-state index contributed by atoms with van der Waals surface area (Å²) >= 11 is 5.25. The summed E-state index contributed by atoms with van der Waals surface area (Å²) in [5.41, 5.74) is 7.99. The third kappa shape index (κ3) is 3.84. The van der Waals surface area contributed by atoms with Gasteiger partial charge in [0.05, 0.1) is 11.8 Å². The maximum atomic E-state index is 5.56.